The average Bonchev–Trinajstić information content (AvgIpc) is 2.48. The Morgan fingerprint density at radius 1 is 1.30 bits per heavy atom. The van der Waals surface area contributed by atoms with E-state index in [1.54, 1.807) is 11.8 Å². The van der Waals surface area contributed by atoms with E-state index in [4.69, 9.17) is 0 Å². The molecule has 0 bridgehead atoms. The van der Waals surface area contributed by atoms with Crippen molar-refractivity contribution in [3.05, 3.63) is 41.5 Å². The number of amides is 1. The van der Waals surface area contributed by atoms with E-state index in [1.807, 2.05) is 0 Å². The highest BCUT2D eigenvalue weighted by atomic mass is 32.2. The number of carbonyl (C=O) groups excluding carboxylic acids is 1. The van der Waals surface area contributed by atoms with Crippen molar-refractivity contribution in [2.45, 2.75) is 38.0 Å². The highest BCUT2D eigenvalue weighted by molar-refractivity contribution is 7.99. The second-order valence-electron chi connectivity index (χ2n) is 5.37. The van der Waals surface area contributed by atoms with Crippen molar-refractivity contribution in [2.75, 3.05) is 12.3 Å². The third-order valence-electron chi connectivity index (χ3n) is 3.79. The van der Waals surface area contributed by atoms with Gasteiger partial charge in [0.1, 0.15) is 0 Å². The lowest BCUT2D eigenvalue weighted by Crippen LogP contribution is -2.32. The second kappa shape index (κ2) is 7.53. The van der Waals surface area contributed by atoms with Gasteiger partial charge >= 0.3 is 0 Å². The molecule has 0 aliphatic heterocycles. The molecule has 1 amide bonds. The van der Waals surface area contributed by atoms with Gasteiger partial charge < -0.3 is 5.32 Å². The van der Waals surface area contributed by atoms with E-state index in [9.17, 15) is 4.79 Å². The monoisotopic (exact) mass is 289 g/mol. The van der Waals surface area contributed by atoms with Crippen molar-refractivity contribution >= 4 is 17.7 Å². The summed E-state index contributed by atoms with van der Waals surface area (Å²) in [5, 5.41) is 3.05. The summed E-state index contributed by atoms with van der Waals surface area (Å²) in [5.41, 5.74) is 2.65. The van der Waals surface area contributed by atoms with Crippen LogP contribution in [-0.4, -0.2) is 18.2 Å². The molecular formula is C17H23NOS. The van der Waals surface area contributed by atoms with E-state index < -0.39 is 0 Å². The number of aryl methyl sites for hydroxylation is 2. The van der Waals surface area contributed by atoms with Gasteiger partial charge in [0.25, 0.3) is 0 Å². The minimum atomic E-state index is 0.187. The summed E-state index contributed by atoms with van der Waals surface area (Å²) < 4.78 is 0. The van der Waals surface area contributed by atoms with Gasteiger partial charge in [-0.1, -0.05) is 18.2 Å². The van der Waals surface area contributed by atoms with Crippen LogP contribution in [0.3, 0.4) is 0 Å². The topological polar surface area (TPSA) is 29.1 Å². The molecule has 2 nitrogen and oxygen atoms in total. The number of thioether (sulfide) groups is 1. The molecule has 0 radical (unpaired) electrons. The Bertz CT molecular complexity index is 496. The SMILES string of the molecule is Cc1ccc(SCCNC(=O)C2CC=CCC2)cc1C. The largest absolute Gasteiger partial charge is 0.355 e. The van der Waals surface area contributed by atoms with Crippen molar-refractivity contribution in [1.82, 2.24) is 5.32 Å². The molecule has 2 rings (SSSR count). The maximum Gasteiger partial charge on any atom is 0.223 e. The maximum absolute atomic E-state index is 12.0. The molecule has 1 aliphatic carbocycles. The lowest BCUT2D eigenvalue weighted by atomic mass is 9.94. The number of allylic oxidation sites excluding steroid dienone is 2. The molecule has 0 fully saturated rings. The fourth-order valence-electron chi connectivity index (χ4n) is 2.32. The van der Waals surface area contributed by atoms with Crippen LogP contribution < -0.4 is 5.32 Å². The molecule has 0 heterocycles. The molecule has 0 saturated carbocycles. The molecule has 1 unspecified atom stereocenters. The van der Waals surface area contributed by atoms with Crippen LogP contribution in [0.5, 0.6) is 0 Å². The van der Waals surface area contributed by atoms with Gasteiger partial charge in [-0.3, -0.25) is 4.79 Å². The first-order valence-corrected chi connectivity index (χ1v) is 8.28. The zero-order chi connectivity index (χ0) is 14.4. The molecule has 0 spiro atoms. The van der Waals surface area contributed by atoms with Gasteiger partial charge in [-0.2, -0.15) is 0 Å². The van der Waals surface area contributed by atoms with E-state index in [2.05, 4.69) is 49.5 Å². The minimum Gasteiger partial charge on any atom is -0.355 e. The van der Waals surface area contributed by atoms with E-state index in [0.717, 1.165) is 31.6 Å². The van der Waals surface area contributed by atoms with Crippen LogP contribution in [0.4, 0.5) is 0 Å². The third kappa shape index (κ3) is 4.41. The molecule has 108 valence electrons. The standard InChI is InChI=1S/C17H23NOS/c1-13-8-9-16(12-14(13)2)20-11-10-18-17(19)15-6-4-3-5-7-15/h3-4,8-9,12,15H,5-7,10-11H2,1-2H3,(H,18,19). The fourth-order valence-corrected chi connectivity index (χ4v) is 3.19. The first-order chi connectivity index (χ1) is 9.66. The van der Waals surface area contributed by atoms with E-state index in [-0.39, 0.29) is 11.8 Å². The maximum atomic E-state index is 12.0. The van der Waals surface area contributed by atoms with Crippen LogP contribution >= 0.6 is 11.8 Å². The van der Waals surface area contributed by atoms with Crippen molar-refractivity contribution in [2.24, 2.45) is 5.92 Å². The van der Waals surface area contributed by atoms with E-state index >= 15 is 0 Å². The third-order valence-corrected chi connectivity index (χ3v) is 4.78. The van der Waals surface area contributed by atoms with Gasteiger partial charge in [0.15, 0.2) is 0 Å². The quantitative estimate of drug-likeness (QED) is 0.506. The molecule has 3 heteroatoms. The number of carbonyl (C=O) groups is 1. The summed E-state index contributed by atoms with van der Waals surface area (Å²) in [6.07, 6.45) is 7.22. The van der Waals surface area contributed by atoms with Crippen molar-refractivity contribution in [3.8, 4) is 0 Å². The summed E-state index contributed by atoms with van der Waals surface area (Å²) in [6, 6.07) is 6.53. The van der Waals surface area contributed by atoms with Crippen molar-refractivity contribution < 1.29 is 4.79 Å². The smallest absolute Gasteiger partial charge is 0.223 e. The van der Waals surface area contributed by atoms with Gasteiger partial charge in [-0.25, -0.2) is 0 Å². The Hall–Kier alpha value is -1.22. The van der Waals surface area contributed by atoms with Gasteiger partial charge in [0, 0.05) is 23.1 Å². The molecule has 1 aromatic carbocycles. The number of hydrogen-bond acceptors (Lipinski definition) is 2. The average molecular weight is 289 g/mol. The zero-order valence-corrected chi connectivity index (χ0v) is 13.1. The van der Waals surface area contributed by atoms with Gasteiger partial charge in [0.05, 0.1) is 0 Å². The Kier molecular flexibility index (Phi) is 5.72. The first kappa shape index (κ1) is 15.2. The highest BCUT2D eigenvalue weighted by Crippen LogP contribution is 2.21. The minimum absolute atomic E-state index is 0.187. The normalized spacial score (nSPS) is 18.0. The molecule has 0 aromatic heterocycles. The molecule has 1 aromatic rings. The van der Waals surface area contributed by atoms with Crippen molar-refractivity contribution in [3.63, 3.8) is 0 Å². The van der Waals surface area contributed by atoms with Crippen LogP contribution in [-0.2, 0) is 4.79 Å². The fraction of sp³-hybridized carbons (Fsp3) is 0.471. The molecule has 20 heavy (non-hydrogen) atoms. The summed E-state index contributed by atoms with van der Waals surface area (Å²) in [6.45, 7) is 5.01. The lowest BCUT2D eigenvalue weighted by molar-refractivity contribution is -0.125. The molecule has 1 atom stereocenters. The number of nitrogens with one attached hydrogen (secondary N) is 1. The van der Waals surface area contributed by atoms with Crippen LogP contribution in [0, 0.1) is 19.8 Å². The van der Waals surface area contributed by atoms with Crippen molar-refractivity contribution in [1.29, 1.82) is 0 Å². The Morgan fingerprint density at radius 3 is 2.85 bits per heavy atom. The lowest BCUT2D eigenvalue weighted by Gasteiger charge is -2.17. The van der Waals surface area contributed by atoms with Crippen LogP contribution in [0.25, 0.3) is 0 Å². The number of benzene rings is 1. The second-order valence-corrected chi connectivity index (χ2v) is 6.54. The summed E-state index contributed by atoms with van der Waals surface area (Å²) >= 11 is 1.80. The molecular weight excluding hydrogens is 266 g/mol. The van der Waals surface area contributed by atoms with Crippen LogP contribution in [0.15, 0.2) is 35.2 Å². The summed E-state index contributed by atoms with van der Waals surface area (Å²) in [7, 11) is 0. The number of rotatable bonds is 5. The molecule has 1 N–H and O–H groups in total. The number of hydrogen-bond donors (Lipinski definition) is 1. The predicted octanol–water partition coefficient (Wildman–Crippen LogP) is 3.87. The predicted molar refractivity (Wildman–Crippen MR) is 86.1 cm³/mol. The van der Waals surface area contributed by atoms with Crippen LogP contribution in [0.2, 0.25) is 0 Å². The van der Waals surface area contributed by atoms with Gasteiger partial charge in [-0.05, 0) is 56.4 Å². The van der Waals surface area contributed by atoms with Crippen LogP contribution in [0.1, 0.15) is 30.4 Å². The summed E-state index contributed by atoms with van der Waals surface area (Å²) in [5.74, 6) is 1.33. The Labute approximate surface area is 126 Å². The Balaban J connectivity index is 1.69. The molecule has 0 saturated heterocycles. The zero-order valence-electron chi connectivity index (χ0n) is 12.3. The first-order valence-electron chi connectivity index (χ1n) is 7.29. The van der Waals surface area contributed by atoms with E-state index in [0.29, 0.717) is 0 Å². The van der Waals surface area contributed by atoms with E-state index in [1.165, 1.54) is 16.0 Å². The summed E-state index contributed by atoms with van der Waals surface area (Å²) in [4.78, 5) is 13.2. The highest BCUT2D eigenvalue weighted by Gasteiger charge is 2.17. The van der Waals surface area contributed by atoms with Gasteiger partial charge in [0.2, 0.25) is 5.91 Å². The molecule has 1 aliphatic rings. The van der Waals surface area contributed by atoms with Gasteiger partial charge in [-0.15, -0.1) is 11.8 Å². The Morgan fingerprint density at radius 2 is 2.15 bits per heavy atom.